The summed E-state index contributed by atoms with van der Waals surface area (Å²) in [7, 11) is 0. The molecule has 1 N–H and O–H groups in total. The lowest BCUT2D eigenvalue weighted by Gasteiger charge is -2.43. The Labute approximate surface area is 175 Å². The maximum atomic E-state index is 12.4. The van der Waals surface area contributed by atoms with Gasteiger partial charge in [0.15, 0.2) is 0 Å². The minimum atomic E-state index is 0.230. The van der Waals surface area contributed by atoms with Gasteiger partial charge >= 0.3 is 0 Å². The number of piperidine rings is 1. The quantitative estimate of drug-likeness (QED) is 0.674. The van der Waals surface area contributed by atoms with E-state index in [1.807, 2.05) is 0 Å². The van der Waals surface area contributed by atoms with E-state index in [0.29, 0.717) is 36.2 Å². The van der Waals surface area contributed by atoms with Crippen LogP contribution in [-0.2, 0) is 14.3 Å². The molecule has 6 nitrogen and oxygen atoms in total. The maximum absolute atomic E-state index is 12.4. The van der Waals surface area contributed by atoms with E-state index in [1.54, 1.807) is 0 Å². The molecule has 2 saturated carbocycles. The first-order chi connectivity index (χ1) is 14.2. The van der Waals surface area contributed by atoms with Gasteiger partial charge in [-0.15, -0.1) is 0 Å². The number of likely N-dealkylation sites (tertiary alicyclic amines) is 1. The van der Waals surface area contributed by atoms with Gasteiger partial charge in [0.05, 0.1) is 0 Å². The highest BCUT2D eigenvalue weighted by molar-refractivity contribution is 5.81. The zero-order chi connectivity index (χ0) is 20.1. The Morgan fingerprint density at radius 3 is 2.21 bits per heavy atom. The summed E-state index contributed by atoms with van der Waals surface area (Å²) in [5, 5.41) is 3.19. The van der Waals surface area contributed by atoms with Gasteiger partial charge in [0, 0.05) is 63.8 Å². The molecule has 2 saturated heterocycles. The molecule has 0 aromatic rings. The van der Waals surface area contributed by atoms with Crippen LogP contribution in [0.25, 0.3) is 0 Å². The van der Waals surface area contributed by atoms with Gasteiger partial charge < -0.3 is 15.0 Å². The molecule has 0 atom stereocenters. The standard InChI is InChI=1S/C23H39N3O3/c27-22(17-18-3-1-2-4-18)24-11-14-26(21-9-15-29-16-10-21)20-7-12-25(13-8-20)23(28)19-5-6-19/h18-21H,1-17H2,(H,24,27). The monoisotopic (exact) mass is 405 g/mol. The van der Waals surface area contributed by atoms with Crippen molar-refractivity contribution in [2.45, 2.75) is 82.7 Å². The predicted molar refractivity (Wildman–Crippen MR) is 112 cm³/mol. The van der Waals surface area contributed by atoms with E-state index in [1.165, 1.54) is 25.7 Å². The number of nitrogens with one attached hydrogen (secondary N) is 1. The first-order valence-electron chi connectivity index (χ1n) is 12.1. The van der Waals surface area contributed by atoms with Gasteiger partial charge in [-0.3, -0.25) is 14.5 Å². The fraction of sp³-hybridized carbons (Fsp3) is 0.913. The summed E-state index contributed by atoms with van der Waals surface area (Å²) in [5.41, 5.74) is 0. The molecular weight excluding hydrogens is 366 g/mol. The SMILES string of the molecule is O=C(CC1CCCC1)NCCN(C1CCOCC1)C1CCN(C(=O)C2CC2)CC1. The summed E-state index contributed by atoms with van der Waals surface area (Å²) in [5.74, 6) is 1.55. The van der Waals surface area contributed by atoms with E-state index in [-0.39, 0.29) is 5.91 Å². The largest absolute Gasteiger partial charge is 0.381 e. The topological polar surface area (TPSA) is 61.9 Å². The Bertz CT molecular complexity index is 546. The highest BCUT2D eigenvalue weighted by Gasteiger charge is 2.37. The Kier molecular flexibility index (Phi) is 7.46. The van der Waals surface area contributed by atoms with E-state index in [4.69, 9.17) is 4.74 Å². The average molecular weight is 406 g/mol. The molecule has 2 aliphatic carbocycles. The van der Waals surface area contributed by atoms with Crippen molar-refractivity contribution in [1.29, 1.82) is 0 Å². The van der Waals surface area contributed by atoms with Gasteiger partial charge in [0.1, 0.15) is 0 Å². The van der Waals surface area contributed by atoms with E-state index in [9.17, 15) is 9.59 Å². The van der Waals surface area contributed by atoms with Crippen LogP contribution in [0.1, 0.15) is 70.6 Å². The van der Waals surface area contributed by atoms with Crippen molar-refractivity contribution in [3.8, 4) is 0 Å². The number of hydrogen-bond donors (Lipinski definition) is 1. The summed E-state index contributed by atoms with van der Waals surface area (Å²) in [6.45, 7) is 5.14. The molecule has 2 heterocycles. The number of rotatable bonds is 8. The number of carbonyl (C=O) groups excluding carboxylic acids is 2. The van der Waals surface area contributed by atoms with Crippen LogP contribution in [0.2, 0.25) is 0 Å². The first kappa shape index (κ1) is 21.1. The molecule has 0 aromatic carbocycles. The fourth-order valence-corrected chi connectivity index (χ4v) is 5.56. The molecule has 0 unspecified atom stereocenters. The van der Waals surface area contributed by atoms with Crippen LogP contribution in [0.4, 0.5) is 0 Å². The van der Waals surface area contributed by atoms with Gasteiger partial charge in [-0.2, -0.15) is 0 Å². The Hall–Kier alpha value is -1.14. The molecule has 4 fully saturated rings. The molecule has 0 spiro atoms. The predicted octanol–water partition coefficient (Wildman–Crippen LogP) is 2.56. The first-order valence-corrected chi connectivity index (χ1v) is 12.1. The zero-order valence-electron chi connectivity index (χ0n) is 17.9. The molecule has 0 bridgehead atoms. The van der Waals surface area contributed by atoms with Gasteiger partial charge in [0.2, 0.25) is 11.8 Å². The van der Waals surface area contributed by atoms with Crippen LogP contribution in [-0.4, -0.2) is 73.1 Å². The van der Waals surface area contributed by atoms with E-state index >= 15 is 0 Å². The van der Waals surface area contributed by atoms with Crippen LogP contribution in [0.15, 0.2) is 0 Å². The van der Waals surface area contributed by atoms with Crippen molar-refractivity contribution in [3.63, 3.8) is 0 Å². The summed E-state index contributed by atoms with van der Waals surface area (Å²) in [4.78, 5) is 29.4. The highest BCUT2D eigenvalue weighted by Crippen LogP contribution is 2.33. The second kappa shape index (κ2) is 10.3. The number of ether oxygens (including phenoxy) is 1. The van der Waals surface area contributed by atoms with Gasteiger partial charge in [-0.25, -0.2) is 0 Å². The molecule has 164 valence electrons. The number of carbonyl (C=O) groups is 2. The lowest BCUT2D eigenvalue weighted by Crippen LogP contribution is -2.53. The van der Waals surface area contributed by atoms with Crippen LogP contribution in [0.5, 0.6) is 0 Å². The molecule has 2 amide bonds. The average Bonchev–Trinajstić information content (AvgIpc) is 3.49. The molecule has 0 radical (unpaired) electrons. The molecule has 29 heavy (non-hydrogen) atoms. The van der Waals surface area contributed by atoms with Crippen molar-refractivity contribution in [3.05, 3.63) is 0 Å². The van der Waals surface area contributed by atoms with Crippen molar-refractivity contribution in [1.82, 2.24) is 15.1 Å². The molecule has 4 aliphatic rings. The van der Waals surface area contributed by atoms with Gasteiger partial charge in [-0.05, 0) is 57.3 Å². The minimum Gasteiger partial charge on any atom is -0.381 e. The van der Waals surface area contributed by atoms with Crippen LogP contribution in [0, 0.1) is 11.8 Å². The second-order valence-electron chi connectivity index (χ2n) is 9.62. The van der Waals surface area contributed by atoms with Crippen molar-refractivity contribution >= 4 is 11.8 Å². The minimum absolute atomic E-state index is 0.230. The smallest absolute Gasteiger partial charge is 0.225 e. The third-order valence-corrected chi connectivity index (χ3v) is 7.47. The molecule has 4 rings (SSSR count). The van der Waals surface area contributed by atoms with Crippen LogP contribution < -0.4 is 5.32 Å². The van der Waals surface area contributed by atoms with E-state index < -0.39 is 0 Å². The summed E-state index contributed by atoms with van der Waals surface area (Å²) in [6, 6.07) is 1.07. The second-order valence-corrected chi connectivity index (χ2v) is 9.62. The lowest BCUT2D eigenvalue weighted by molar-refractivity contribution is -0.134. The molecule has 6 heteroatoms. The van der Waals surface area contributed by atoms with Gasteiger partial charge in [0.25, 0.3) is 0 Å². The summed E-state index contributed by atoms with van der Waals surface area (Å²) >= 11 is 0. The Morgan fingerprint density at radius 2 is 1.55 bits per heavy atom. The third-order valence-electron chi connectivity index (χ3n) is 7.47. The lowest BCUT2D eigenvalue weighted by atomic mass is 9.97. The molecule has 0 aromatic heterocycles. The van der Waals surface area contributed by atoms with Crippen molar-refractivity contribution in [2.75, 3.05) is 39.4 Å². The zero-order valence-corrected chi connectivity index (χ0v) is 17.9. The van der Waals surface area contributed by atoms with Gasteiger partial charge in [-0.1, -0.05) is 12.8 Å². The number of amides is 2. The molecular formula is C23H39N3O3. The normalized spacial score (nSPS) is 24.9. The Morgan fingerprint density at radius 1 is 0.897 bits per heavy atom. The maximum Gasteiger partial charge on any atom is 0.225 e. The number of hydrogen-bond acceptors (Lipinski definition) is 4. The summed E-state index contributed by atoms with van der Waals surface area (Å²) < 4.78 is 5.59. The third kappa shape index (κ3) is 5.94. The number of nitrogens with zero attached hydrogens (tertiary/aromatic N) is 2. The van der Waals surface area contributed by atoms with E-state index in [0.717, 1.165) is 77.9 Å². The fourth-order valence-electron chi connectivity index (χ4n) is 5.56. The Balaban J connectivity index is 1.25. The van der Waals surface area contributed by atoms with E-state index in [2.05, 4.69) is 15.1 Å². The highest BCUT2D eigenvalue weighted by atomic mass is 16.5. The van der Waals surface area contributed by atoms with Crippen LogP contribution in [0.3, 0.4) is 0 Å². The van der Waals surface area contributed by atoms with Crippen molar-refractivity contribution < 1.29 is 14.3 Å². The van der Waals surface area contributed by atoms with Crippen LogP contribution >= 0.6 is 0 Å². The summed E-state index contributed by atoms with van der Waals surface area (Å²) in [6.07, 6.45) is 12.2. The molecule has 2 aliphatic heterocycles. The van der Waals surface area contributed by atoms with Crippen molar-refractivity contribution in [2.24, 2.45) is 11.8 Å².